The van der Waals surface area contributed by atoms with E-state index in [1.165, 1.54) is 24.3 Å². The third-order valence-corrected chi connectivity index (χ3v) is 6.33. The SMILES string of the molecule is CCC(C(=O)O)n1c2c(c3cc(F)ccc31)C[C@@H](NCCOc1ccc(C(F)(F)F)cc1)CC2. The van der Waals surface area contributed by atoms with Gasteiger partial charge < -0.3 is 19.7 Å². The van der Waals surface area contributed by atoms with Crippen LogP contribution in [-0.4, -0.2) is 34.8 Å². The van der Waals surface area contributed by atoms with Crippen molar-refractivity contribution in [1.29, 1.82) is 0 Å². The van der Waals surface area contributed by atoms with Gasteiger partial charge in [0.05, 0.1) is 5.56 Å². The maximum atomic E-state index is 14.0. The molecule has 0 fully saturated rings. The maximum absolute atomic E-state index is 14.0. The van der Waals surface area contributed by atoms with Crippen molar-refractivity contribution < 1.29 is 32.2 Å². The zero-order valence-corrected chi connectivity index (χ0v) is 18.7. The lowest BCUT2D eigenvalue weighted by molar-refractivity contribution is -0.141. The number of nitrogens with zero attached hydrogens (tertiary/aromatic N) is 1. The Labute approximate surface area is 194 Å². The molecule has 1 aliphatic rings. The maximum Gasteiger partial charge on any atom is 0.416 e. The van der Waals surface area contributed by atoms with Crippen LogP contribution in [0.5, 0.6) is 5.75 Å². The molecular formula is C25H26F4N2O3. The van der Waals surface area contributed by atoms with Gasteiger partial charge in [0, 0.05) is 29.2 Å². The molecule has 0 spiro atoms. The molecule has 4 rings (SSSR count). The van der Waals surface area contributed by atoms with Crippen molar-refractivity contribution in [1.82, 2.24) is 9.88 Å². The van der Waals surface area contributed by atoms with Crippen molar-refractivity contribution in [3.8, 4) is 5.75 Å². The predicted molar refractivity (Wildman–Crippen MR) is 120 cm³/mol. The first-order valence-electron chi connectivity index (χ1n) is 11.3. The van der Waals surface area contributed by atoms with Gasteiger partial charge in [-0.3, -0.25) is 0 Å². The molecule has 1 unspecified atom stereocenters. The normalized spacial score (nSPS) is 16.9. The molecule has 182 valence electrons. The van der Waals surface area contributed by atoms with Crippen molar-refractivity contribution in [3.05, 3.63) is 65.1 Å². The lowest BCUT2D eigenvalue weighted by Crippen LogP contribution is -2.37. The summed E-state index contributed by atoms with van der Waals surface area (Å²) in [4.78, 5) is 11.9. The average molecular weight is 478 g/mol. The number of nitrogens with one attached hydrogen (secondary N) is 1. The number of alkyl halides is 3. The van der Waals surface area contributed by atoms with E-state index in [0.29, 0.717) is 31.6 Å². The number of carbonyl (C=O) groups is 1. The fourth-order valence-corrected chi connectivity index (χ4v) is 4.73. The first-order chi connectivity index (χ1) is 16.2. The summed E-state index contributed by atoms with van der Waals surface area (Å²) in [6.07, 6.45) is -1.90. The Kier molecular flexibility index (Phi) is 6.84. The number of aliphatic carboxylic acids is 1. The predicted octanol–water partition coefficient (Wildman–Crippen LogP) is 5.36. The summed E-state index contributed by atoms with van der Waals surface area (Å²) in [6, 6.07) is 8.42. The molecule has 1 aliphatic carbocycles. The second kappa shape index (κ2) is 9.66. The molecule has 0 aliphatic heterocycles. The smallest absolute Gasteiger partial charge is 0.416 e. The van der Waals surface area contributed by atoms with Crippen LogP contribution >= 0.6 is 0 Å². The summed E-state index contributed by atoms with van der Waals surface area (Å²) in [5.74, 6) is -0.915. The van der Waals surface area contributed by atoms with E-state index in [2.05, 4.69) is 5.32 Å². The van der Waals surface area contributed by atoms with Gasteiger partial charge in [0.2, 0.25) is 0 Å². The molecular weight excluding hydrogens is 452 g/mol. The molecule has 3 aromatic rings. The minimum Gasteiger partial charge on any atom is -0.492 e. The van der Waals surface area contributed by atoms with Crippen LogP contribution in [-0.2, 0) is 23.8 Å². The Morgan fingerprint density at radius 2 is 1.97 bits per heavy atom. The average Bonchev–Trinajstić information content (AvgIpc) is 3.10. The van der Waals surface area contributed by atoms with Crippen LogP contribution in [0.15, 0.2) is 42.5 Å². The van der Waals surface area contributed by atoms with Crippen LogP contribution < -0.4 is 10.1 Å². The lowest BCUT2D eigenvalue weighted by Gasteiger charge is -2.26. The second-order valence-corrected chi connectivity index (χ2v) is 8.48. The van der Waals surface area contributed by atoms with E-state index < -0.39 is 23.8 Å². The quantitative estimate of drug-likeness (QED) is 0.338. The molecule has 2 atom stereocenters. The summed E-state index contributed by atoms with van der Waals surface area (Å²) in [5.41, 5.74) is 1.90. The number of ether oxygens (including phenoxy) is 1. The Bertz CT molecular complexity index is 1170. The highest BCUT2D eigenvalue weighted by molar-refractivity contribution is 5.88. The van der Waals surface area contributed by atoms with Gasteiger partial charge in [0.1, 0.15) is 24.2 Å². The Morgan fingerprint density at radius 1 is 1.24 bits per heavy atom. The molecule has 0 saturated carbocycles. The lowest BCUT2D eigenvalue weighted by atomic mass is 9.91. The van der Waals surface area contributed by atoms with Gasteiger partial charge in [-0.05, 0) is 73.7 Å². The molecule has 0 amide bonds. The molecule has 2 N–H and O–H groups in total. The van der Waals surface area contributed by atoms with Gasteiger partial charge >= 0.3 is 12.1 Å². The summed E-state index contributed by atoms with van der Waals surface area (Å²) >= 11 is 0. The number of halogens is 4. The third kappa shape index (κ3) is 4.89. The molecule has 0 radical (unpaired) electrons. The molecule has 1 heterocycles. The summed E-state index contributed by atoms with van der Waals surface area (Å²) in [7, 11) is 0. The zero-order chi connectivity index (χ0) is 24.5. The second-order valence-electron chi connectivity index (χ2n) is 8.48. The van der Waals surface area contributed by atoms with E-state index >= 15 is 0 Å². The summed E-state index contributed by atoms with van der Waals surface area (Å²) in [5, 5.41) is 13.9. The summed E-state index contributed by atoms with van der Waals surface area (Å²) < 4.78 is 59.4. The van der Waals surface area contributed by atoms with Crippen molar-refractivity contribution >= 4 is 16.9 Å². The van der Waals surface area contributed by atoms with Crippen molar-refractivity contribution in [2.24, 2.45) is 0 Å². The topological polar surface area (TPSA) is 63.5 Å². The molecule has 5 nitrogen and oxygen atoms in total. The van der Waals surface area contributed by atoms with Crippen molar-refractivity contribution in [2.75, 3.05) is 13.2 Å². The van der Waals surface area contributed by atoms with E-state index in [1.54, 1.807) is 6.07 Å². The van der Waals surface area contributed by atoms with Crippen molar-refractivity contribution in [3.63, 3.8) is 0 Å². The molecule has 0 bridgehead atoms. The van der Waals surface area contributed by atoms with Crippen LogP contribution in [0.3, 0.4) is 0 Å². The number of carboxylic acids is 1. The molecule has 2 aromatic carbocycles. The Hall–Kier alpha value is -3.07. The van der Waals surface area contributed by atoms with Gasteiger partial charge in [0.25, 0.3) is 0 Å². The monoisotopic (exact) mass is 478 g/mol. The van der Waals surface area contributed by atoms with Crippen LogP contribution in [0, 0.1) is 5.82 Å². The Morgan fingerprint density at radius 3 is 2.62 bits per heavy atom. The van der Waals surface area contributed by atoms with Crippen LogP contribution in [0.1, 0.15) is 42.6 Å². The minimum absolute atomic E-state index is 0.0935. The number of hydrogen-bond acceptors (Lipinski definition) is 3. The highest BCUT2D eigenvalue weighted by atomic mass is 19.4. The number of aromatic nitrogens is 1. The summed E-state index contributed by atoms with van der Waals surface area (Å²) in [6.45, 7) is 2.59. The highest BCUT2D eigenvalue weighted by Gasteiger charge is 2.31. The van der Waals surface area contributed by atoms with E-state index in [4.69, 9.17) is 4.74 Å². The number of carboxylic acid groups (broad SMARTS) is 1. The Balaban J connectivity index is 1.43. The van der Waals surface area contributed by atoms with Gasteiger partial charge in [-0.15, -0.1) is 0 Å². The van der Waals surface area contributed by atoms with Gasteiger partial charge in [0.15, 0.2) is 0 Å². The number of fused-ring (bicyclic) bond motifs is 3. The fourth-order valence-electron chi connectivity index (χ4n) is 4.73. The fraction of sp³-hybridized carbons (Fsp3) is 0.400. The standard InChI is InChI=1S/C25H26F4N2O3/c1-2-21(24(32)33)31-22-9-5-16(26)13-19(22)20-14-17(6-10-23(20)31)30-11-12-34-18-7-3-15(4-8-18)25(27,28)29/h3-5,7-9,13,17,21,30H,2,6,10-12,14H2,1H3,(H,32,33)/t17-,21?/m0/s1. The van der Waals surface area contributed by atoms with E-state index in [1.807, 2.05) is 11.5 Å². The molecule has 0 saturated heterocycles. The third-order valence-electron chi connectivity index (χ3n) is 6.33. The number of benzene rings is 2. The first kappa shape index (κ1) is 24.1. The molecule has 9 heteroatoms. The molecule has 34 heavy (non-hydrogen) atoms. The minimum atomic E-state index is -4.38. The highest BCUT2D eigenvalue weighted by Crippen LogP contribution is 2.36. The van der Waals surface area contributed by atoms with E-state index in [0.717, 1.165) is 40.7 Å². The van der Waals surface area contributed by atoms with Crippen LogP contribution in [0.4, 0.5) is 17.6 Å². The largest absolute Gasteiger partial charge is 0.492 e. The zero-order valence-electron chi connectivity index (χ0n) is 18.7. The van der Waals surface area contributed by atoms with Crippen molar-refractivity contribution in [2.45, 2.75) is 50.9 Å². The number of hydrogen-bond donors (Lipinski definition) is 2. The van der Waals surface area contributed by atoms with Crippen LogP contribution in [0.2, 0.25) is 0 Å². The van der Waals surface area contributed by atoms with Crippen LogP contribution in [0.25, 0.3) is 10.9 Å². The van der Waals surface area contributed by atoms with Gasteiger partial charge in [-0.2, -0.15) is 13.2 Å². The van der Waals surface area contributed by atoms with Gasteiger partial charge in [-0.25, -0.2) is 9.18 Å². The first-order valence-corrected chi connectivity index (χ1v) is 11.3. The van der Waals surface area contributed by atoms with E-state index in [-0.39, 0.29) is 18.5 Å². The van der Waals surface area contributed by atoms with Gasteiger partial charge in [-0.1, -0.05) is 6.92 Å². The molecule has 1 aromatic heterocycles. The number of rotatable bonds is 8. The van der Waals surface area contributed by atoms with E-state index in [9.17, 15) is 27.5 Å².